The third kappa shape index (κ3) is 3.61. The van der Waals surface area contributed by atoms with Crippen LogP contribution in [0.3, 0.4) is 0 Å². The van der Waals surface area contributed by atoms with Crippen molar-refractivity contribution in [1.82, 2.24) is 14.9 Å². The van der Waals surface area contributed by atoms with E-state index in [4.69, 9.17) is 0 Å². The van der Waals surface area contributed by atoms with E-state index in [-0.39, 0.29) is 17.9 Å². The number of pyridine rings is 1. The highest BCUT2D eigenvalue weighted by Crippen LogP contribution is 2.41. The van der Waals surface area contributed by atoms with Gasteiger partial charge in [0, 0.05) is 48.6 Å². The van der Waals surface area contributed by atoms with Gasteiger partial charge in [0.1, 0.15) is 5.76 Å². The SMILES string of the molecule is CN(C)c1ccc(C2/C(=C(/O)c3c[nH]c4ccccc34)C(=O)C(=O)N2Cc2ccccn2)cc1. The quantitative estimate of drug-likeness (QED) is 0.268. The number of aliphatic hydroxyl groups excluding tert-OH is 1. The van der Waals surface area contributed by atoms with Crippen LogP contribution in [0.1, 0.15) is 22.9 Å². The number of para-hydroxylation sites is 1. The van der Waals surface area contributed by atoms with Crippen LogP contribution < -0.4 is 4.90 Å². The average Bonchev–Trinajstić information content (AvgIpc) is 3.39. The second-order valence-corrected chi connectivity index (χ2v) is 8.48. The zero-order chi connectivity index (χ0) is 23.8. The number of nitrogens with one attached hydrogen (secondary N) is 1. The zero-order valence-electron chi connectivity index (χ0n) is 18.9. The summed E-state index contributed by atoms with van der Waals surface area (Å²) in [7, 11) is 3.89. The highest BCUT2D eigenvalue weighted by Gasteiger charge is 2.46. The van der Waals surface area contributed by atoms with E-state index in [1.54, 1.807) is 18.5 Å². The molecule has 0 saturated carbocycles. The Bertz CT molecular complexity index is 1400. The third-order valence-corrected chi connectivity index (χ3v) is 6.17. The van der Waals surface area contributed by atoms with E-state index in [1.165, 1.54) is 4.90 Å². The van der Waals surface area contributed by atoms with Crippen LogP contribution in [0.2, 0.25) is 0 Å². The molecule has 1 aliphatic rings. The van der Waals surface area contributed by atoms with Crippen LogP contribution in [-0.4, -0.2) is 45.8 Å². The van der Waals surface area contributed by atoms with Gasteiger partial charge in [-0.2, -0.15) is 0 Å². The minimum absolute atomic E-state index is 0.0725. The number of Topliss-reactive ketones (excluding diaryl/α,β-unsaturated/α-hetero) is 1. The number of aliphatic hydroxyl groups is 1. The summed E-state index contributed by atoms with van der Waals surface area (Å²) in [5, 5.41) is 12.2. The van der Waals surface area contributed by atoms with Crippen LogP contribution in [-0.2, 0) is 16.1 Å². The van der Waals surface area contributed by atoms with E-state index in [1.807, 2.05) is 79.7 Å². The predicted octanol–water partition coefficient (Wildman–Crippen LogP) is 4.25. The molecule has 0 aliphatic carbocycles. The van der Waals surface area contributed by atoms with E-state index in [2.05, 4.69) is 9.97 Å². The van der Waals surface area contributed by atoms with Crippen molar-refractivity contribution in [3.63, 3.8) is 0 Å². The van der Waals surface area contributed by atoms with Gasteiger partial charge in [0.2, 0.25) is 0 Å². The number of hydrogen-bond acceptors (Lipinski definition) is 5. The van der Waals surface area contributed by atoms with Crippen LogP contribution >= 0.6 is 0 Å². The molecule has 34 heavy (non-hydrogen) atoms. The Hall–Kier alpha value is -4.39. The van der Waals surface area contributed by atoms with E-state index in [0.29, 0.717) is 11.3 Å². The monoisotopic (exact) mass is 452 g/mol. The fourth-order valence-electron chi connectivity index (χ4n) is 4.42. The minimum atomic E-state index is -0.744. The number of carbonyl (C=O) groups excluding carboxylic acids is 2. The molecule has 1 amide bonds. The molecule has 4 aromatic rings. The number of nitrogens with zero attached hydrogens (tertiary/aromatic N) is 3. The first-order chi connectivity index (χ1) is 16.5. The van der Waals surface area contributed by atoms with E-state index in [9.17, 15) is 14.7 Å². The fraction of sp³-hybridized carbons (Fsp3) is 0.148. The Morgan fingerprint density at radius 3 is 2.47 bits per heavy atom. The molecule has 0 spiro atoms. The number of benzene rings is 2. The Labute approximate surface area is 197 Å². The summed E-state index contributed by atoms with van der Waals surface area (Å²) in [6.07, 6.45) is 3.32. The molecule has 7 heteroatoms. The lowest BCUT2D eigenvalue weighted by molar-refractivity contribution is -0.140. The van der Waals surface area contributed by atoms with E-state index >= 15 is 0 Å². The summed E-state index contributed by atoms with van der Waals surface area (Å²) in [6.45, 7) is 0.149. The summed E-state index contributed by atoms with van der Waals surface area (Å²) in [6, 6.07) is 19.9. The van der Waals surface area contributed by atoms with Crippen LogP contribution in [0.25, 0.3) is 16.7 Å². The first-order valence-electron chi connectivity index (χ1n) is 11.0. The molecule has 1 fully saturated rings. The van der Waals surface area contributed by atoms with Gasteiger partial charge in [-0.15, -0.1) is 0 Å². The molecular formula is C27H24N4O3. The third-order valence-electron chi connectivity index (χ3n) is 6.17. The molecule has 1 aliphatic heterocycles. The van der Waals surface area contributed by atoms with Crippen LogP contribution in [0.15, 0.2) is 84.7 Å². The second kappa shape index (κ2) is 8.51. The van der Waals surface area contributed by atoms with Crippen molar-refractivity contribution in [3.05, 3.63) is 102 Å². The number of anilines is 1. The van der Waals surface area contributed by atoms with Crippen molar-refractivity contribution in [2.75, 3.05) is 19.0 Å². The van der Waals surface area contributed by atoms with Crippen LogP contribution in [0.5, 0.6) is 0 Å². The number of ketones is 1. The van der Waals surface area contributed by atoms with Gasteiger partial charge in [-0.05, 0) is 35.9 Å². The predicted molar refractivity (Wildman–Crippen MR) is 131 cm³/mol. The molecule has 1 saturated heterocycles. The molecule has 2 aromatic carbocycles. The van der Waals surface area contributed by atoms with E-state index in [0.717, 1.165) is 22.2 Å². The largest absolute Gasteiger partial charge is 0.507 e. The normalized spacial score (nSPS) is 17.5. The Balaban J connectivity index is 1.67. The number of aromatic nitrogens is 2. The molecule has 7 nitrogen and oxygen atoms in total. The van der Waals surface area contributed by atoms with Gasteiger partial charge in [-0.25, -0.2) is 0 Å². The number of hydrogen-bond donors (Lipinski definition) is 2. The summed E-state index contributed by atoms with van der Waals surface area (Å²) < 4.78 is 0. The van der Waals surface area contributed by atoms with Gasteiger partial charge < -0.3 is 19.9 Å². The molecule has 2 N–H and O–H groups in total. The number of likely N-dealkylation sites (tertiary alicyclic amines) is 1. The maximum atomic E-state index is 13.3. The molecule has 3 heterocycles. The number of aromatic amines is 1. The van der Waals surface area contributed by atoms with E-state index < -0.39 is 17.7 Å². The number of carbonyl (C=O) groups is 2. The van der Waals surface area contributed by atoms with Crippen molar-refractivity contribution in [1.29, 1.82) is 0 Å². The fourth-order valence-corrected chi connectivity index (χ4v) is 4.42. The number of H-pyrrole nitrogens is 1. The van der Waals surface area contributed by atoms with Crippen molar-refractivity contribution in [2.45, 2.75) is 12.6 Å². The highest BCUT2D eigenvalue weighted by atomic mass is 16.3. The van der Waals surface area contributed by atoms with Gasteiger partial charge in [0.25, 0.3) is 11.7 Å². The second-order valence-electron chi connectivity index (χ2n) is 8.48. The first-order valence-corrected chi connectivity index (χ1v) is 11.0. The number of rotatable bonds is 5. The first kappa shape index (κ1) is 21.5. The van der Waals surface area contributed by atoms with Crippen molar-refractivity contribution < 1.29 is 14.7 Å². The molecule has 0 bridgehead atoms. The van der Waals surface area contributed by atoms with Crippen molar-refractivity contribution >= 4 is 34.0 Å². The molecule has 2 aromatic heterocycles. The summed E-state index contributed by atoms with van der Waals surface area (Å²) in [5.41, 5.74) is 3.78. The van der Waals surface area contributed by atoms with Crippen LogP contribution in [0, 0.1) is 0 Å². The molecule has 5 rings (SSSR count). The van der Waals surface area contributed by atoms with Crippen molar-refractivity contribution in [3.8, 4) is 0 Å². The lowest BCUT2D eigenvalue weighted by Gasteiger charge is -2.25. The molecule has 170 valence electrons. The lowest BCUT2D eigenvalue weighted by Crippen LogP contribution is -2.29. The van der Waals surface area contributed by atoms with Crippen LogP contribution in [0.4, 0.5) is 5.69 Å². The van der Waals surface area contributed by atoms with Gasteiger partial charge >= 0.3 is 0 Å². The number of fused-ring (bicyclic) bond motifs is 1. The van der Waals surface area contributed by atoms with Gasteiger partial charge in [-0.3, -0.25) is 14.6 Å². The maximum Gasteiger partial charge on any atom is 0.296 e. The van der Waals surface area contributed by atoms with Gasteiger partial charge in [0.05, 0.1) is 23.9 Å². The lowest BCUT2D eigenvalue weighted by atomic mass is 9.95. The standard InChI is InChI=1S/C27H24N4O3/c1-30(2)19-12-10-17(11-13-19)24-23(25(32)21-15-29-22-9-4-3-8-20(21)22)26(33)27(34)31(24)16-18-7-5-6-14-28-18/h3-15,24,29,32H,16H2,1-2H3/b25-23-. The smallest absolute Gasteiger partial charge is 0.296 e. The zero-order valence-corrected chi connectivity index (χ0v) is 18.9. The maximum absolute atomic E-state index is 13.3. The highest BCUT2D eigenvalue weighted by molar-refractivity contribution is 6.46. The molecule has 0 radical (unpaired) electrons. The Morgan fingerprint density at radius 2 is 1.76 bits per heavy atom. The summed E-state index contributed by atoms with van der Waals surface area (Å²) >= 11 is 0. The average molecular weight is 453 g/mol. The number of amides is 1. The summed E-state index contributed by atoms with van der Waals surface area (Å²) in [4.78, 5) is 37.4. The summed E-state index contributed by atoms with van der Waals surface area (Å²) in [5.74, 6) is -1.56. The molecule has 1 atom stereocenters. The van der Waals surface area contributed by atoms with Gasteiger partial charge in [0.15, 0.2) is 0 Å². The minimum Gasteiger partial charge on any atom is -0.507 e. The molecule has 1 unspecified atom stereocenters. The molecular weight excluding hydrogens is 428 g/mol. The topological polar surface area (TPSA) is 89.5 Å². The van der Waals surface area contributed by atoms with Crippen molar-refractivity contribution in [2.24, 2.45) is 0 Å². The Kier molecular flexibility index (Phi) is 5.37. The Morgan fingerprint density at radius 1 is 1.03 bits per heavy atom. The van der Waals surface area contributed by atoms with Gasteiger partial charge in [-0.1, -0.05) is 36.4 Å².